The molecule has 1 amide bonds. The van der Waals surface area contributed by atoms with Gasteiger partial charge in [-0.3, -0.25) is 14.4 Å². The lowest BCUT2D eigenvalue weighted by atomic mass is 10.2. The van der Waals surface area contributed by atoms with E-state index in [-0.39, 0.29) is 16.7 Å². The van der Waals surface area contributed by atoms with Crippen molar-refractivity contribution < 1.29 is 14.4 Å². The molecule has 8 heteroatoms. The van der Waals surface area contributed by atoms with Crippen molar-refractivity contribution in [1.82, 2.24) is 9.13 Å². The highest BCUT2D eigenvalue weighted by atomic mass is 79.9. The van der Waals surface area contributed by atoms with Crippen LogP contribution < -0.4 is 11.0 Å². The van der Waals surface area contributed by atoms with Crippen LogP contribution >= 0.6 is 15.9 Å². The molecule has 0 aliphatic carbocycles. The zero-order valence-electron chi connectivity index (χ0n) is 12.5. The number of carbonyl (C=O) groups is 3. The molecule has 1 aromatic heterocycles. The summed E-state index contributed by atoms with van der Waals surface area (Å²) < 4.78 is 1.52. The molecule has 2 rings (SSSR count). The molecule has 1 heterocycles. The molecule has 2 aromatic rings. The van der Waals surface area contributed by atoms with Gasteiger partial charge in [-0.15, -0.1) is 0 Å². The van der Waals surface area contributed by atoms with E-state index in [0.29, 0.717) is 10.3 Å². The zero-order chi connectivity index (χ0) is 17.1. The number of nitrogens with zero attached hydrogens (tertiary/aromatic N) is 2. The predicted molar refractivity (Wildman–Crippen MR) is 88.3 cm³/mol. The summed E-state index contributed by atoms with van der Waals surface area (Å²) in [6.45, 7) is 2.35. The molecule has 0 aliphatic rings. The number of nitrogens with one attached hydrogen (secondary N) is 1. The Kier molecular flexibility index (Phi) is 4.95. The van der Waals surface area contributed by atoms with Crippen LogP contribution in [0.1, 0.15) is 39.6 Å². The molecule has 0 unspecified atom stereocenters. The summed E-state index contributed by atoms with van der Waals surface area (Å²) in [5.41, 5.74) is -0.363. The van der Waals surface area contributed by atoms with Crippen molar-refractivity contribution in [2.75, 3.05) is 5.32 Å². The number of para-hydroxylation sites is 1. The Morgan fingerprint density at radius 2 is 1.61 bits per heavy atom. The average Bonchev–Trinajstić information content (AvgIpc) is 2.81. The number of benzene rings is 1. The number of rotatable bonds is 3. The van der Waals surface area contributed by atoms with Gasteiger partial charge in [0, 0.05) is 24.9 Å². The average molecular weight is 380 g/mol. The Morgan fingerprint density at radius 1 is 1.04 bits per heavy atom. The van der Waals surface area contributed by atoms with Gasteiger partial charge in [0.15, 0.2) is 0 Å². The van der Waals surface area contributed by atoms with Gasteiger partial charge in [0.05, 0.1) is 5.69 Å². The molecule has 0 bridgehead atoms. The van der Waals surface area contributed by atoms with Crippen LogP contribution in [-0.4, -0.2) is 26.9 Å². The van der Waals surface area contributed by atoms with E-state index in [2.05, 4.69) is 21.2 Å². The van der Waals surface area contributed by atoms with E-state index < -0.39 is 23.4 Å². The number of aromatic nitrogens is 2. The maximum atomic E-state index is 12.5. The first-order valence-electron chi connectivity index (χ1n) is 6.69. The van der Waals surface area contributed by atoms with Crippen LogP contribution in [0.25, 0.3) is 0 Å². The van der Waals surface area contributed by atoms with E-state index in [1.807, 2.05) is 0 Å². The van der Waals surface area contributed by atoms with Gasteiger partial charge in [0.1, 0.15) is 5.69 Å². The summed E-state index contributed by atoms with van der Waals surface area (Å²) in [5, 5.41) is 2.68. The van der Waals surface area contributed by atoms with Crippen LogP contribution in [0.3, 0.4) is 0 Å². The molecular weight excluding hydrogens is 366 g/mol. The summed E-state index contributed by atoms with van der Waals surface area (Å²) >= 11 is 3.16. The monoisotopic (exact) mass is 379 g/mol. The summed E-state index contributed by atoms with van der Waals surface area (Å²) in [5.74, 6) is -1.86. The molecule has 1 aromatic carbocycles. The minimum Gasteiger partial charge on any atom is -0.321 e. The number of anilines is 1. The fraction of sp³-hybridized carbons (Fsp3) is 0.200. The second-order valence-corrected chi connectivity index (χ2v) is 5.30. The number of imidazole rings is 1. The van der Waals surface area contributed by atoms with Gasteiger partial charge in [0.25, 0.3) is 5.91 Å². The van der Waals surface area contributed by atoms with Crippen LogP contribution in [0.2, 0.25) is 0 Å². The molecule has 23 heavy (non-hydrogen) atoms. The van der Waals surface area contributed by atoms with Crippen LogP contribution in [0.4, 0.5) is 5.69 Å². The Hall–Kier alpha value is -2.48. The van der Waals surface area contributed by atoms with E-state index in [1.54, 1.807) is 30.3 Å². The summed E-state index contributed by atoms with van der Waals surface area (Å²) in [6, 6.07) is 8.60. The summed E-state index contributed by atoms with van der Waals surface area (Å²) in [4.78, 5) is 48.3. The minimum atomic E-state index is -0.849. The van der Waals surface area contributed by atoms with E-state index in [1.165, 1.54) is 6.92 Å². The van der Waals surface area contributed by atoms with Crippen molar-refractivity contribution in [2.24, 2.45) is 0 Å². The number of hydrogen-bond acceptors (Lipinski definition) is 4. The first kappa shape index (κ1) is 16.9. The molecule has 0 fully saturated rings. The fourth-order valence-electron chi connectivity index (χ4n) is 2.23. The molecule has 0 saturated heterocycles. The van der Waals surface area contributed by atoms with Gasteiger partial charge >= 0.3 is 5.69 Å². The highest BCUT2D eigenvalue weighted by Crippen LogP contribution is 2.15. The predicted octanol–water partition coefficient (Wildman–Crippen LogP) is 2.12. The molecule has 0 saturated carbocycles. The number of carbonyl (C=O) groups excluding carboxylic acids is 3. The van der Waals surface area contributed by atoms with Crippen molar-refractivity contribution in [3.8, 4) is 0 Å². The van der Waals surface area contributed by atoms with Gasteiger partial charge in [0.2, 0.25) is 11.8 Å². The molecule has 0 spiro atoms. The zero-order valence-corrected chi connectivity index (χ0v) is 14.1. The lowest BCUT2D eigenvalue weighted by Crippen LogP contribution is -2.32. The first-order valence-corrected chi connectivity index (χ1v) is 7.81. The standard InChI is InChI=1S/C15H14BrN3O4/c1-9(20)18-12(8-16)13(19(10(2)21)15(18)23)14(22)17-11-6-4-3-5-7-11/h3-7H,8H2,1-2H3,(H,17,22). The highest BCUT2D eigenvalue weighted by Gasteiger charge is 2.28. The van der Waals surface area contributed by atoms with Gasteiger partial charge in [-0.1, -0.05) is 34.1 Å². The van der Waals surface area contributed by atoms with Crippen LogP contribution in [0.15, 0.2) is 35.1 Å². The topological polar surface area (TPSA) is 90.2 Å². The lowest BCUT2D eigenvalue weighted by molar-refractivity contribution is 0.0903. The van der Waals surface area contributed by atoms with Gasteiger partial charge in [-0.05, 0) is 12.1 Å². The maximum absolute atomic E-state index is 12.5. The van der Waals surface area contributed by atoms with Crippen molar-refractivity contribution >= 4 is 39.3 Å². The van der Waals surface area contributed by atoms with E-state index in [0.717, 1.165) is 11.5 Å². The van der Waals surface area contributed by atoms with Crippen molar-refractivity contribution in [2.45, 2.75) is 19.2 Å². The van der Waals surface area contributed by atoms with Crippen molar-refractivity contribution in [3.05, 3.63) is 52.2 Å². The highest BCUT2D eigenvalue weighted by molar-refractivity contribution is 9.08. The van der Waals surface area contributed by atoms with Crippen molar-refractivity contribution in [1.29, 1.82) is 0 Å². The smallest absolute Gasteiger partial charge is 0.321 e. The van der Waals surface area contributed by atoms with E-state index in [4.69, 9.17) is 0 Å². The largest absolute Gasteiger partial charge is 0.342 e. The number of alkyl halides is 1. The quantitative estimate of drug-likeness (QED) is 0.826. The maximum Gasteiger partial charge on any atom is 0.342 e. The second kappa shape index (κ2) is 6.74. The number of halogens is 1. The first-order chi connectivity index (χ1) is 10.9. The van der Waals surface area contributed by atoms with Gasteiger partial charge < -0.3 is 5.32 Å². The van der Waals surface area contributed by atoms with Crippen LogP contribution in [0, 0.1) is 0 Å². The Morgan fingerprint density at radius 3 is 2.09 bits per heavy atom. The number of hydrogen-bond donors (Lipinski definition) is 1. The third kappa shape index (κ3) is 3.16. The fourth-order valence-corrected chi connectivity index (χ4v) is 2.75. The van der Waals surface area contributed by atoms with Crippen LogP contribution in [0.5, 0.6) is 0 Å². The molecule has 1 N–H and O–H groups in total. The molecule has 0 aliphatic heterocycles. The normalized spacial score (nSPS) is 10.4. The second-order valence-electron chi connectivity index (χ2n) is 4.74. The van der Waals surface area contributed by atoms with Gasteiger partial charge in [-0.25, -0.2) is 13.9 Å². The third-order valence-electron chi connectivity index (χ3n) is 3.15. The molecular formula is C15H14BrN3O4. The molecule has 0 atom stereocenters. The molecule has 0 radical (unpaired) electrons. The Bertz CT molecular complexity index is 836. The lowest BCUT2D eigenvalue weighted by Gasteiger charge is -2.08. The summed E-state index contributed by atoms with van der Waals surface area (Å²) in [6.07, 6.45) is 0. The molecule has 120 valence electrons. The number of amides is 1. The Labute approximate surface area is 140 Å². The van der Waals surface area contributed by atoms with E-state index >= 15 is 0 Å². The minimum absolute atomic E-state index is 0.0691. The van der Waals surface area contributed by atoms with Crippen molar-refractivity contribution in [3.63, 3.8) is 0 Å². The molecule has 7 nitrogen and oxygen atoms in total. The third-order valence-corrected chi connectivity index (χ3v) is 3.68. The Balaban J connectivity index is 2.62. The van der Waals surface area contributed by atoms with Crippen LogP contribution in [-0.2, 0) is 5.33 Å². The van der Waals surface area contributed by atoms with E-state index in [9.17, 15) is 19.2 Å². The van der Waals surface area contributed by atoms with Gasteiger partial charge in [-0.2, -0.15) is 0 Å². The SMILES string of the molecule is CC(=O)n1c(CBr)c(C(=O)Nc2ccccc2)n(C(C)=O)c1=O. The summed E-state index contributed by atoms with van der Waals surface area (Å²) in [7, 11) is 0.